The first-order valence-corrected chi connectivity index (χ1v) is 8.46. The molecule has 1 fully saturated rings. The van der Waals surface area contributed by atoms with Gasteiger partial charge < -0.3 is 14.4 Å². The highest BCUT2D eigenvalue weighted by atomic mass is 16.5. The zero-order chi connectivity index (χ0) is 16.9. The quantitative estimate of drug-likeness (QED) is 0.843. The van der Waals surface area contributed by atoms with Crippen molar-refractivity contribution in [3.05, 3.63) is 47.3 Å². The third kappa shape index (κ3) is 3.85. The molecule has 0 N–H and O–H groups in total. The molecule has 0 radical (unpaired) electrons. The highest BCUT2D eigenvalue weighted by Gasteiger charge is 2.23. The van der Waals surface area contributed by atoms with Crippen molar-refractivity contribution in [2.24, 2.45) is 0 Å². The summed E-state index contributed by atoms with van der Waals surface area (Å²) in [4.78, 5) is 11.2. The predicted molar refractivity (Wildman–Crippen MR) is 94.5 cm³/mol. The number of ether oxygens (including phenoxy) is 2. The number of anilines is 1. The van der Waals surface area contributed by atoms with E-state index in [1.54, 1.807) is 13.3 Å². The molecule has 0 saturated carbocycles. The molecule has 2 aromatic rings. The highest BCUT2D eigenvalue weighted by molar-refractivity contribution is 5.49. The SMILES string of the molecule is COc1ncc(C)nc1N1CCC(OCc2ccccc2C)CC1. The van der Waals surface area contributed by atoms with E-state index in [9.17, 15) is 0 Å². The number of hydrogen-bond donors (Lipinski definition) is 0. The van der Waals surface area contributed by atoms with Crippen LogP contribution in [-0.2, 0) is 11.3 Å². The number of aromatic nitrogens is 2. The molecule has 2 heterocycles. The number of aryl methyl sites for hydroxylation is 2. The Morgan fingerprint density at radius 2 is 1.92 bits per heavy atom. The van der Waals surface area contributed by atoms with Crippen LogP contribution in [0.1, 0.15) is 29.7 Å². The number of hydrogen-bond acceptors (Lipinski definition) is 5. The molecule has 5 heteroatoms. The molecule has 0 aliphatic carbocycles. The predicted octanol–water partition coefficient (Wildman–Crippen LogP) is 3.29. The monoisotopic (exact) mass is 327 g/mol. The Labute approximate surface area is 143 Å². The molecule has 0 bridgehead atoms. The molecule has 1 aromatic carbocycles. The summed E-state index contributed by atoms with van der Waals surface area (Å²) in [7, 11) is 1.64. The molecule has 1 saturated heterocycles. The summed E-state index contributed by atoms with van der Waals surface area (Å²) in [6.45, 7) is 6.59. The topological polar surface area (TPSA) is 47.5 Å². The van der Waals surface area contributed by atoms with E-state index in [2.05, 4.69) is 46.1 Å². The van der Waals surface area contributed by atoms with Crippen molar-refractivity contribution in [1.82, 2.24) is 9.97 Å². The molecular weight excluding hydrogens is 302 g/mol. The summed E-state index contributed by atoms with van der Waals surface area (Å²) in [6, 6.07) is 8.40. The Hall–Kier alpha value is -2.14. The fourth-order valence-electron chi connectivity index (χ4n) is 3.02. The van der Waals surface area contributed by atoms with E-state index >= 15 is 0 Å². The van der Waals surface area contributed by atoms with Crippen molar-refractivity contribution in [2.75, 3.05) is 25.1 Å². The van der Waals surface area contributed by atoms with E-state index in [4.69, 9.17) is 9.47 Å². The van der Waals surface area contributed by atoms with E-state index in [1.807, 2.05) is 6.92 Å². The van der Waals surface area contributed by atoms with Crippen LogP contribution in [0.2, 0.25) is 0 Å². The van der Waals surface area contributed by atoms with Crippen LogP contribution in [0.15, 0.2) is 30.5 Å². The summed E-state index contributed by atoms with van der Waals surface area (Å²) >= 11 is 0. The van der Waals surface area contributed by atoms with Gasteiger partial charge in [-0.25, -0.2) is 9.97 Å². The zero-order valence-corrected chi connectivity index (χ0v) is 14.7. The molecule has 1 aromatic heterocycles. The van der Waals surface area contributed by atoms with Gasteiger partial charge in [0.2, 0.25) is 0 Å². The van der Waals surface area contributed by atoms with Crippen LogP contribution in [-0.4, -0.2) is 36.3 Å². The average Bonchev–Trinajstić information content (AvgIpc) is 2.61. The minimum absolute atomic E-state index is 0.296. The lowest BCUT2D eigenvalue weighted by Crippen LogP contribution is -2.37. The van der Waals surface area contributed by atoms with Crippen molar-refractivity contribution < 1.29 is 9.47 Å². The van der Waals surface area contributed by atoms with Gasteiger partial charge in [-0.2, -0.15) is 0 Å². The Kier molecular flexibility index (Phi) is 5.30. The van der Waals surface area contributed by atoms with Crippen LogP contribution < -0.4 is 9.64 Å². The van der Waals surface area contributed by atoms with Gasteiger partial charge >= 0.3 is 0 Å². The fourth-order valence-corrected chi connectivity index (χ4v) is 3.02. The number of rotatable bonds is 5. The van der Waals surface area contributed by atoms with Gasteiger partial charge in [0.05, 0.1) is 31.7 Å². The molecule has 1 aliphatic rings. The van der Waals surface area contributed by atoms with E-state index in [1.165, 1.54) is 11.1 Å². The second kappa shape index (κ2) is 7.62. The van der Waals surface area contributed by atoms with Crippen molar-refractivity contribution in [1.29, 1.82) is 0 Å². The maximum atomic E-state index is 6.12. The van der Waals surface area contributed by atoms with Gasteiger partial charge in [-0.3, -0.25) is 0 Å². The Balaban J connectivity index is 1.56. The highest BCUT2D eigenvalue weighted by Crippen LogP contribution is 2.27. The molecular formula is C19H25N3O2. The smallest absolute Gasteiger partial charge is 0.257 e. The number of benzene rings is 1. The van der Waals surface area contributed by atoms with E-state index in [-0.39, 0.29) is 0 Å². The lowest BCUT2D eigenvalue weighted by molar-refractivity contribution is 0.0247. The summed E-state index contributed by atoms with van der Waals surface area (Å²) < 4.78 is 11.5. The van der Waals surface area contributed by atoms with Gasteiger partial charge in [0.25, 0.3) is 5.88 Å². The van der Waals surface area contributed by atoms with Gasteiger partial charge in [0.1, 0.15) is 0 Å². The van der Waals surface area contributed by atoms with Gasteiger partial charge in [-0.1, -0.05) is 24.3 Å². The third-order valence-electron chi connectivity index (χ3n) is 4.51. The zero-order valence-electron chi connectivity index (χ0n) is 14.7. The van der Waals surface area contributed by atoms with Gasteiger partial charge in [0.15, 0.2) is 5.82 Å². The summed E-state index contributed by atoms with van der Waals surface area (Å²) in [5.41, 5.74) is 3.46. The first-order valence-electron chi connectivity index (χ1n) is 8.46. The summed E-state index contributed by atoms with van der Waals surface area (Å²) in [6.07, 6.45) is 4.01. The van der Waals surface area contributed by atoms with E-state index < -0.39 is 0 Å². The van der Waals surface area contributed by atoms with E-state index in [0.29, 0.717) is 18.6 Å². The van der Waals surface area contributed by atoms with Crippen LogP contribution in [0.5, 0.6) is 5.88 Å². The van der Waals surface area contributed by atoms with Crippen LogP contribution in [0.4, 0.5) is 5.82 Å². The molecule has 1 aliphatic heterocycles. The normalized spacial score (nSPS) is 15.5. The molecule has 0 spiro atoms. The second-order valence-corrected chi connectivity index (χ2v) is 6.27. The lowest BCUT2D eigenvalue weighted by Gasteiger charge is -2.33. The molecule has 0 atom stereocenters. The Morgan fingerprint density at radius 1 is 1.17 bits per heavy atom. The average molecular weight is 327 g/mol. The standard InChI is InChI=1S/C19H25N3O2/c1-14-6-4-5-7-16(14)13-24-17-8-10-22(11-9-17)18-19(23-3)20-12-15(2)21-18/h4-7,12,17H,8-11,13H2,1-3H3. The van der Waals surface area contributed by atoms with Gasteiger partial charge in [-0.15, -0.1) is 0 Å². The Morgan fingerprint density at radius 3 is 2.62 bits per heavy atom. The molecule has 5 nitrogen and oxygen atoms in total. The largest absolute Gasteiger partial charge is 0.478 e. The van der Waals surface area contributed by atoms with Crippen LogP contribution in [0, 0.1) is 13.8 Å². The lowest BCUT2D eigenvalue weighted by atomic mass is 10.1. The van der Waals surface area contributed by atoms with Crippen molar-refractivity contribution in [3.8, 4) is 5.88 Å². The van der Waals surface area contributed by atoms with Crippen LogP contribution in [0.3, 0.4) is 0 Å². The van der Waals surface area contributed by atoms with Crippen LogP contribution >= 0.6 is 0 Å². The van der Waals surface area contributed by atoms with Crippen LogP contribution in [0.25, 0.3) is 0 Å². The maximum absolute atomic E-state index is 6.12. The van der Waals surface area contributed by atoms with Gasteiger partial charge in [0, 0.05) is 13.1 Å². The minimum Gasteiger partial charge on any atom is -0.478 e. The maximum Gasteiger partial charge on any atom is 0.257 e. The second-order valence-electron chi connectivity index (χ2n) is 6.27. The first-order chi connectivity index (χ1) is 11.7. The van der Waals surface area contributed by atoms with Crippen molar-refractivity contribution in [3.63, 3.8) is 0 Å². The van der Waals surface area contributed by atoms with E-state index in [0.717, 1.165) is 37.4 Å². The van der Waals surface area contributed by atoms with Crippen molar-refractivity contribution in [2.45, 2.75) is 39.4 Å². The molecule has 128 valence electrons. The first kappa shape index (κ1) is 16.7. The summed E-state index contributed by atoms with van der Waals surface area (Å²) in [5.74, 6) is 1.44. The molecule has 3 rings (SSSR count). The van der Waals surface area contributed by atoms with Gasteiger partial charge in [-0.05, 0) is 37.8 Å². The summed E-state index contributed by atoms with van der Waals surface area (Å²) in [5, 5.41) is 0. The Bertz CT molecular complexity index is 682. The number of nitrogens with zero attached hydrogens (tertiary/aromatic N) is 3. The third-order valence-corrected chi connectivity index (χ3v) is 4.51. The molecule has 24 heavy (non-hydrogen) atoms. The number of methoxy groups -OCH3 is 1. The molecule has 0 unspecified atom stereocenters. The minimum atomic E-state index is 0.296. The number of piperidine rings is 1. The molecule has 0 amide bonds. The fraction of sp³-hybridized carbons (Fsp3) is 0.474. The van der Waals surface area contributed by atoms with Crippen molar-refractivity contribution >= 4 is 5.82 Å².